The van der Waals surface area contributed by atoms with E-state index in [1.165, 1.54) is 22.3 Å². The summed E-state index contributed by atoms with van der Waals surface area (Å²) in [5, 5.41) is 9.39. The smallest absolute Gasteiger partial charge is 0.326 e. The van der Waals surface area contributed by atoms with Crippen LogP contribution < -0.4 is 0 Å². The Bertz CT molecular complexity index is 858. The Balaban J connectivity index is 1.69. The van der Waals surface area contributed by atoms with Crippen molar-refractivity contribution in [1.29, 1.82) is 0 Å². The lowest BCUT2D eigenvalue weighted by atomic mass is 9.55. The third-order valence-electron chi connectivity index (χ3n) is 6.38. The summed E-state index contributed by atoms with van der Waals surface area (Å²) in [6, 6.07) is 16.0. The van der Waals surface area contributed by atoms with Crippen LogP contribution in [0.1, 0.15) is 41.0 Å². The van der Waals surface area contributed by atoms with Crippen LogP contribution in [0, 0.1) is 11.8 Å². The maximum Gasteiger partial charge on any atom is 0.326 e. The van der Waals surface area contributed by atoms with Crippen LogP contribution in [0.2, 0.25) is 0 Å². The van der Waals surface area contributed by atoms with Crippen molar-refractivity contribution in [3.63, 3.8) is 0 Å². The number of carbonyl (C=O) groups is 2. The molecular weight excluding hydrogens is 314 g/mol. The number of amides is 1. The summed E-state index contributed by atoms with van der Waals surface area (Å²) >= 11 is 0. The first-order valence-electron chi connectivity index (χ1n) is 8.80. The van der Waals surface area contributed by atoms with Crippen molar-refractivity contribution in [2.75, 3.05) is 6.54 Å². The molecule has 3 aliphatic carbocycles. The van der Waals surface area contributed by atoms with E-state index in [9.17, 15) is 14.7 Å². The zero-order valence-electron chi connectivity index (χ0n) is 13.9. The molecule has 1 saturated heterocycles. The lowest BCUT2D eigenvalue weighted by molar-refractivity contribution is -0.148. The molecule has 2 aromatic carbocycles. The number of benzene rings is 2. The Labute approximate surface area is 146 Å². The number of hydrogen-bond acceptors (Lipinski definition) is 2. The maximum absolute atomic E-state index is 13.2. The molecule has 1 fully saturated rings. The van der Waals surface area contributed by atoms with Gasteiger partial charge in [-0.05, 0) is 35.1 Å². The second kappa shape index (κ2) is 4.94. The average Bonchev–Trinajstić information content (AvgIpc) is 2.98. The van der Waals surface area contributed by atoms with Gasteiger partial charge in [-0.2, -0.15) is 0 Å². The van der Waals surface area contributed by atoms with Gasteiger partial charge in [0.25, 0.3) is 0 Å². The summed E-state index contributed by atoms with van der Waals surface area (Å²) in [5.74, 6) is -0.702. The Kier molecular flexibility index (Phi) is 2.91. The normalized spacial score (nSPS) is 29.8. The number of likely N-dealkylation sites (tertiary alicyclic amines) is 1. The van der Waals surface area contributed by atoms with Gasteiger partial charge in [-0.3, -0.25) is 4.79 Å². The van der Waals surface area contributed by atoms with Gasteiger partial charge >= 0.3 is 5.97 Å². The van der Waals surface area contributed by atoms with Crippen LogP contribution in [0.3, 0.4) is 0 Å². The maximum atomic E-state index is 13.2. The zero-order valence-corrected chi connectivity index (χ0v) is 13.9. The molecule has 1 amide bonds. The van der Waals surface area contributed by atoms with Crippen molar-refractivity contribution in [3.05, 3.63) is 70.8 Å². The van der Waals surface area contributed by atoms with Crippen LogP contribution in [0.25, 0.3) is 0 Å². The molecule has 0 saturated carbocycles. The van der Waals surface area contributed by atoms with Gasteiger partial charge in [-0.25, -0.2) is 4.79 Å². The molecule has 3 atom stereocenters. The Morgan fingerprint density at radius 2 is 1.48 bits per heavy atom. The van der Waals surface area contributed by atoms with Crippen LogP contribution in [0.5, 0.6) is 0 Å². The minimum absolute atomic E-state index is 0.00101. The molecule has 4 heteroatoms. The molecule has 25 heavy (non-hydrogen) atoms. The second-order valence-electron chi connectivity index (χ2n) is 7.41. The number of rotatable bonds is 2. The fraction of sp³-hybridized carbons (Fsp3) is 0.333. The summed E-state index contributed by atoms with van der Waals surface area (Å²) in [6.07, 6.45) is 0. The van der Waals surface area contributed by atoms with E-state index in [0.717, 1.165) is 0 Å². The first-order valence-corrected chi connectivity index (χ1v) is 8.80. The van der Waals surface area contributed by atoms with Crippen LogP contribution in [-0.2, 0) is 9.59 Å². The van der Waals surface area contributed by atoms with Crippen LogP contribution in [0.4, 0.5) is 0 Å². The van der Waals surface area contributed by atoms with Gasteiger partial charge in [-0.1, -0.05) is 48.5 Å². The Morgan fingerprint density at radius 3 is 1.96 bits per heavy atom. The molecule has 2 aromatic rings. The first-order chi connectivity index (χ1) is 12.1. The highest BCUT2D eigenvalue weighted by molar-refractivity contribution is 5.89. The van der Waals surface area contributed by atoms with Crippen molar-refractivity contribution in [2.45, 2.75) is 24.8 Å². The molecule has 1 aliphatic heterocycles. The third kappa shape index (κ3) is 1.77. The summed E-state index contributed by atoms with van der Waals surface area (Å²) in [4.78, 5) is 26.2. The molecule has 126 valence electrons. The molecule has 3 unspecified atom stereocenters. The standard InChI is InChI=1S/C21H19NO3/c1-11(21(24)25)22-10-16-17-12-6-2-4-8-14(12)18(19(16)20(22)23)15-9-5-3-7-13(15)17/h2-9,11,16-19H,10H2,1H3,(H,24,25). The highest BCUT2D eigenvalue weighted by Crippen LogP contribution is 2.60. The highest BCUT2D eigenvalue weighted by Gasteiger charge is 2.58. The van der Waals surface area contributed by atoms with E-state index in [1.807, 2.05) is 12.1 Å². The molecule has 0 aromatic heterocycles. The van der Waals surface area contributed by atoms with E-state index in [-0.39, 0.29) is 29.6 Å². The zero-order chi connectivity index (χ0) is 17.3. The van der Waals surface area contributed by atoms with Crippen molar-refractivity contribution < 1.29 is 14.7 Å². The predicted octanol–water partition coefficient (Wildman–Crippen LogP) is 2.83. The Hall–Kier alpha value is -2.62. The van der Waals surface area contributed by atoms with Crippen LogP contribution in [0.15, 0.2) is 48.5 Å². The monoisotopic (exact) mass is 333 g/mol. The van der Waals surface area contributed by atoms with E-state index in [4.69, 9.17) is 0 Å². The fourth-order valence-corrected chi connectivity index (χ4v) is 5.33. The molecule has 0 spiro atoms. The fourth-order valence-electron chi connectivity index (χ4n) is 5.33. The Morgan fingerprint density at radius 1 is 1.00 bits per heavy atom. The molecule has 2 bridgehead atoms. The average molecular weight is 333 g/mol. The minimum atomic E-state index is -0.936. The molecule has 6 rings (SSSR count). The van der Waals surface area contributed by atoms with Crippen LogP contribution in [-0.4, -0.2) is 34.5 Å². The number of carboxylic acids is 1. The van der Waals surface area contributed by atoms with Gasteiger partial charge in [-0.15, -0.1) is 0 Å². The van der Waals surface area contributed by atoms with Crippen molar-refractivity contribution in [1.82, 2.24) is 4.90 Å². The summed E-state index contributed by atoms with van der Waals surface area (Å²) in [7, 11) is 0. The van der Waals surface area contributed by atoms with Crippen molar-refractivity contribution in [2.24, 2.45) is 11.8 Å². The van der Waals surface area contributed by atoms with Gasteiger partial charge < -0.3 is 10.0 Å². The topological polar surface area (TPSA) is 57.6 Å². The van der Waals surface area contributed by atoms with E-state index < -0.39 is 12.0 Å². The SMILES string of the molecule is CC(C(=O)O)N1CC2C3c4ccccc4C(c4ccccc43)C2C1=O. The van der Waals surface area contributed by atoms with E-state index >= 15 is 0 Å². The third-order valence-corrected chi connectivity index (χ3v) is 6.38. The molecule has 1 heterocycles. The summed E-state index contributed by atoms with van der Waals surface area (Å²) < 4.78 is 0. The molecule has 0 radical (unpaired) electrons. The second-order valence-corrected chi connectivity index (χ2v) is 7.41. The lowest BCUT2D eigenvalue weighted by Gasteiger charge is -2.46. The largest absolute Gasteiger partial charge is 0.480 e. The van der Waals surface area contributed by atoms with Gasteiger partial charge in [0.2, 0.25) is 5.91 Å². The highest BCUT2D eigenvalue weighted by atomic mass is 16.4. The van der Waals surface area contributed by atoms with E-state index in [1.54, 1.807) is 11.8 Å². The molecule has 4 aliphatic rings. The van der Waals surface area contributed by atoms with Gasteiger partial charge in [0.1, 0.15) is 6.04 Å². The van der Waals surface area contributed by atoms with Crippen LogP contribution >= 0.6 is 0 Å². The molecule has 1 N–H and O–H groups in total. The number of nitrogens with zero attached hydrogens (tertiary/aromatic N) is 1. The quantitative estimate of drug-likeness (QED) is 0.919. The van der Waals surface area contributed by atoms with Gasteiger partial charge in [0.15, 0.2) is 0 Å². The van der Waals surface area contributed by atoms with Crippen molar-refractivity contribution >= 4 is 11.9 Å². The number of aliphatic carboxylic acids is 1. The predicted molar refractivity (Wildman–Crippen MR) is 92.4 cm³/mol. The number of carbonyl (C=O) groups excluding carboxylic acids is 1. The summed E-state index contributed by atoms with van der Waals surface area (Å²) in [6.45, 7) is 2.14. The van der Waals surface area contributed by atoms with Gasteiger partial charge in [0, 0.05) is 18.4 Å². The lowest BCUT2D eigenvalue weighted by Crippen LogP contribution is -2.42. The number of carboxylic acid groups (broad SMARTS) is 1. The first kappa shape index (κ1) is 14.7. The molecular formula is C21H19NO3. The van der Waals surface area contributed by atoms with Gasteiger partial charge in [0.05, 0.1) is 5.92 Å². The van der Waals surface area contributed by atoms with Crippen molar-refractivity contribution in [3.8, 4) is 0 Å². The summed E-state index contributed by atoms with van der Waals surface area (Å²) in [5.41, 5.74) is 5.10. The van der Waals surface area contributed by atoms with E-state index in [0.29, 0.717) is 6.54 Å². The number of hydrogen-bond donors (Lipinski definition) is 1. The minimum Gasteiger partial charge on any atom is -0.480 e. The molecule has 4 nitrogen and oxygen atoms in total. The van der Waals surface area contributed by atoms with E-state index in [2.05, 4.69) is 36.4 Å².